The Balaban J connectivity index is 1.54. The maximum absolute atomic E-state index is 12.7. The van der Waals surface area contributed by atoms with E-state index in [2.05, 4.69) is 15.4 Å². The number of nitrogens with one attached hydrogen (secondary N) is 1. The number of nitrogens with zero attached hydrogens (tertiary/aromatic N) is 1. The number of amides is 1. The van der Waals surface area contributed by atoms with Crippen LogP contribution in [0.2, 0.25) is 19.4 Å². The lowest BCUT2D eigenvalue weighted by molar-refractivity contribution is -0.114. The first-order valence-electron chi connectivity index (χ1n) is 12.4. The maximum atomic E-state index is 12.7. The molecule has 0 saturated carbocycles. The molecule has 0 saturated heterocycles. The Kier molecular flexibility index (Phi) is 8.67. The minimum absolute atomic E-state index is 0.119. The molecule has 5 rings (SSSR count). The van der Waals surface area contributed by atoms with Crippen LogP contribution in [0.1, 0.15) is 48.1 Å². The molecule has 39 heavy (non-hydrogen) atoms. The van der Waals surface area contributed by atoms with Crippen LogP contribution in [-0.2, 0) is 34.2 Å². The fourth-order valence-electron chi connectivity index (χ4n) is 5.04. The van der Waals surface area contributed by atoms with E-state index in [4.69, 9.17) is 46.4 Å². The zero-order valence-corrected chi connectivity index (χ0v) is 25.3. The summed E-state index contributed by atoms with van der Waals surface area (Å²) in [4.78, 5) is 12.7. The lowest BCUT2D eigenvalue weighted by Crippen LogP contribution is -2.28. The monoisotopic (exact) mass is 640 g/mol. The third-order valence-electron chi connectivity index (χ3n) is 6.81. The second-order valence-electron chi connectivity index (χ2n) is 9.39. The van der Waals surface area contributed by atoms with Crippen molar-refractivity contribution >= 4 is 90.6 Å². The summed E-state index contributed by atoms with van der Waals surface area (Å²) >= 11 is 25.3. The van der Waals surface area contributed by atoms with Crippen molar-refractivity contribution in [2.45, 2.75) is 49.3 Å². The molecule has 0 spiro atoms. The van der Waals surface area contributed by atoms with Crippen LogP contribution in [-0.4, -0.2) is 18.9 Å². The normalized spacial score (nSPS) is 14.4. The van der Waals surface area contributed by atoms with Gasteiger partial charge in [0, 0.05) is 33.7 Å². The van der Waals surface area contributed by atoms with Crippen molar-refractivity contribution in [3.8, 4) is 0 Å². The highest BCUT2D eigenvalue weighted by Gasteiger charge is 2.22. The van der Waals surface area contributed by atoms with E-state index in [-0.39, 0.29) is 13.6 Å². The van der Waals surface area contributed by atoms with Crippen LogP contribution in [0.3, 0.4) is 0 Å². The first-order chi connectivity index (χ1) is 18.6. The van der Waals surface area contributed by atoms with Crippen molar-refractivity contribution < 1.29 is 13.2 Å². The summed E-state index contributed by atoms with van der Waals surface area (Å²) in [5, 5.41) is 2.42. The van der Waals surface area contributed by atoms with Gasteiger partial charge in [0.2, 0.25) is 0 Å². The lowest BCUT2D eigenvalue weighted by Gasteiger charge is -2.16. The molecular weight excluding hydrogens is 618 g/mol. The third kappa shape index (κ3) is 6.19. The number of sulfonamides is 1. The zero-order valence-electron chi connectivity index (χ0n) is 20.6. The molecule has 0 bridgehead atoms. The van der Waals surface area contributed by atoms with E-state index in [0.29, 0.717) is 16.6 Å². The molecule has 0 fully saturated rings. The summed E-state index contributed by atoms with van der Waals surface area (Å²) in [6, 6.07) is 12.7. The molecule has 1 aliphatic carbocycles. The minimum atomic E-state index is -4.11. The van der Waals surface area contributed by atoms with E-state index in [1.165, 1.54) is 36.2 Å². The molecule has 0 radical (unpaired) electrons. The summed E-state index contributed by atoms with van der Waals surface area (Å²) in [5.74, 6) is -0.773. The number of aryl methyl sites for hydroxylation is 1. The number of carbonyl (C=O) groups excluding carboxylic acids is 1. The SMILES string of the molecule is O=C(/C=C/c1cccc2c3c(n(Cc4ccc(Cl)cc4Cl)c12)CCCCCC3)NS(=O)(=O)c1cc(Cl)c(Cl)s1. The number of hydrogen-bond acceptors (Lipinski definition) is 4. The topological polar surface area (TPSA) is 68.2 Å². The molecule has 5 nitrogen and oxygen atoms in total. The van der Waals surface area contributed by atoms with E-state index < -0.39 is 15.9 Å². The number of para-hydroxylation sites is 1. The van der Waals surface area contributed by atoms with Crippen molar-refractivity contribution in [3.05, 3.63) is 90.3 Å². The molecule has 2 heterocycles. The molecule has 0 aliphatic heterocycles. The highest BCUT2D eigenvalue weighted by atomic mass is 35.5. The lowest BCUT2D eigenvalue weighted by atomic mass is 9.96. The van der Waals surface area contributed by atoms with Gasteiger partial charge in [0.15, 0.2) is 0 Å². The number of carbonyl (C=O) groups is 1. The Morgan fingerprint density at radius 2 is 1.74 bits per heavy atom. The fourth-order valence-corrected chi connectivity index (χ4v) is 8.34. The van der Waals surface area contributed by atoms with E-state index >= 15 is 0 Å². The number of aromatic nitrogens is 1. The van der Waals surface area contributed by atoms with Gasteiger partial charge in [0.05, 0.1) is 10.5 Å². The van der Waals surface area contributed by atoms with Gasteiger partial charge >= 0.3 is 0 Å². The summed E-state index contributed by atoms with van der Waals surface area (Å²) in [6.45, 7) is 0.549. The van der Waals surface area contributed by atoms with Crippen LogP contribution in [0.15, 0.2) is 52.7 Å². The molecule has 0 unspecified atom stereocenters. The van der Waals surface area contributed by atoms with Crippen LogP contribution < -0.4 is 4.72 Å². The second kappa shape index (κ2) is 11.9. The largest absolute Gasteiger partial charge is 0.339 e. The third-order valence-corrected chi connectivity index (χ3v) is 11.1. The van der Waals surface area contributed by atoms with Crippen molar-refractivity contribution in [1.82, 2.24) is 9.29 Å². The van der Waals surface area contributed by atoms with Crippen molar-refractivity contribution in [2.24, 2.45) is 0 Å². The molecule has 2 aromatic heterocycles. The first-order valence-corrected chi connectivity index (χ1v) is 16.2. The molecule has 11 heteroatoms. The Morgan fingerprint density at radius 1 is 0.974 bits per heavy atom. The smallest absolute Gasteiger partial charge is 0.273 e. The quantitative estimate of drug-likeness (QED) is 0.215. The van der Waals surface area contributed by atoms with Crippen LogP contribution >= 0.6 is 57.7 Å². The zero-order chi connectivity index (χ0) is 27.7. The van der Waals surface area contributed by atoms with E-state index in [0.717, 1.165) is 59.0 Å². The summed E-state index contributed by atoms with van der Waals surface area (Å²) < 4.78 is 29.7. The average molecular weight is 642 g/mol. The highest BCUT2D eigenvalue weighted by molar-refractivity contribution is 7.92. The number of hydrogen-bond donors (Lipinski definition) is 1. The summed E-state index contributed by atoms with van der Waals surface area (Å²) in [5.41, 5.74) is 5.33. The van der Waals surface area contributed by atoms with E-state index in [9.17, 15) is 13.2 Å². The van der Waals surface area contributed by atoms with Crippen molar-refractivity contribution in [3.63, 3.8) is 0 Å². The van der Waals surface area contributed by atoms with Gasteiger partial charge in [0.25, 0.3) is 15.9 Å². The summed E-state index contributed by atoms with van der Waals surface area (Å²) in [7, 11) is -4.11. The number of benzene rings is 2. The van der Waals surface area contributed by atoms with Gasteiger partial charge in [-0.1, -0.05) is 83.5 Å². The molecular formula is C28H24Cl4N2O3S2. The summed E-state index contributed by atoms with van der Waals surface area (Å²) in [6.07, 6.45) is 9.40. The molecule has 1 aliphatic rings. The van der Waals surface area contributed by atoms with Crippen molar-refractivity contribution in [2.75, 3.05) is 0 Å². The van der Waals surface area contributed by atoms with E-state index in [1.807, 2.05) is 24.3 Å². The molecule has 0 atom stereocenters. The first kappa shape index (κ1) is 28.5. The molecule has 4 aromatic rings. The van der Waals surface area contributed by atoms with E-state index in [1.54, 1.807) is 12.1 Å². The Hall–Kier alpha value is -2.00. The number of thiophene rings is 1. The van der Waals surface area contributed by atoms with Gasteiger partial charge in [-0.25, -0.2) is 13.1 Å². The van der Waals surface area contributed by atoms with Crippen LogP contribution in [0.4, 0.5) is 0 Å². The van der Waals surface area contributed by atoms with Gasteiger partial charge in [-0.05, 0) is 66.6 Å². The fraction of sp³-hybridized carbons (Fsp3) is 0.250. The molecule has 2 aromatic carbocycles. The predicted molar refractivity (Wildman–Crippen MR) is 162 cm³/mol. The van der Waals surface area contributed by atoms with Gasteiger partial charge in [-0.3, -0.25) is 4.79 Å². The van der Waals surface area contributed by atoms with Crippen LogP contribution in [0.5, 0.6) is 0 Å². The standard InChI is InChI=1S/C28H24Cl4N2O3S2/c29-19-12-10-18(22(30)14-19)16-34-24-9-4-2-1-3-7-20(24)21-8-5-6-17(27(21)34)11-13-25(35)33-39(36,37)26-15-23(31)28(32)38-26/h5-6,8,10-15H,1-4,7,9,16H2,(H,33,35)/b13-11+. The molecule has 1 amide bonds. The van der Waals surface area contributed by atoms with Gasteiger partial charge in [-0.2, -0.15) is 0 Å². The number of rotatable bonds is 6. The van der Waals surface area contributed by atoms with Gasteiger partial charge in [0.1, 0.15) is 8.55 Å². The predicted octanol–water partition coefficient (Wildman–Crippen LogP) is 8.54. The average Bonchev–Trinajstić information content (AvgIpc) is 3.35. The van der Waals surface area contributed by atoms with Crippen LogP contribution in [0, 0.1) is 0 Å². The maximum Gasteiger partial charge on any atom is 0.273 e. The number of halogens is 4. The second-order valence-corrected chi connectivity index (χ2v) is 14.2. The molecule has 204 valence electrons. The Labute approximate surface area is 251 Å². The Morgan fingerprint density at radius 3 is 2.46 bits per heavy atom. The number of fused-ring (bicyclic) bond motifs is 3. The molecule has 1 N–H and O–H groups in total. The Bertz CT molecular complexity index is 1690. The highest BCUT2D eigenvalue weighted by Crippen LogP contribution is 2.36. The minimum Gasteiger partial charge on any atom is -0.339 e. The van der Waals surface area contributed by atoms with Gasteiger partial charge < -0.3 is 4.57 Å². The van der Waals surface area contributed by atoms with Crippen molar-refractivity contribution in [1.29, 1.82) is 0 Å². The van der Waals surface area contributed by atoms with Gasteiger partial charge in [-0.15, -0.1) is 11.3 Å². The van der Waals surface area contributed by atoms with Crippen LogP contribution in [0.25, 0.3) is 17.0 Å².